The van der Waals surface area contributed by atoms with Crippen LogP contribution in [0.4, 0.5) is 11.4 Å². The maximum atomic E-state index is 5.44. The molecular formula is C27H24N2O2. The third kappa shape index (κ3) is 3.28. The summed E-state index contributed by atoms with van der Waals surface area (Å²) in [4.78, 5) is 4.65. The SMILES string of the molecule is Cc1ccc2c(c1)[C@@H]1C=CC[C@H]1[C@@H](c1ccc(N=Cc3ccc4c(c3)OCO4)cc1)N2. The van der Waals surface area contributed by atoms with Gasteiger partial charge in [-0.2, -0.15) is 0 Å². The van der Waals surface area contributed by atoms with E-state index < -0.39 is 0 Å². The van der Waals surface area contributed by atoms with Crippen LogP contribution in [0.25, 0.3) is 0 Å². The van der Waals surface area contributed by atoms with E-state index in [1.54, 1.807) is 0 Å². The van der Waals surface area contributed by atoms with Crippen LogP contribution in [0.5, 0.6) is 11.5 Å². The van der Waals surface area contributed by atoms with E-state index in [0.717, 1.165) is 29.2 Å². The number of hydrogen-bond donors (Lipinski definition) is 1. The van der Waals surface area contributed by atoms with Crippen LogP contribution < -0.4 is 14.8 Å². The van der Waals surface area contributed by atoms with Gasteiger partial charge in [0.1, 0.15) is 0 Å². The summed E-state index contributed by atoms with van der Waals surface area (Å²) in [5.41, 5.74) is 7.26. The van der Waals surface area contributed by atoms with Gasteiger partial charge < -0.3 is 14.8 Å². The molecule has 2 aliphatic heterocycles. The molecule has 3 aromatic rings. The molecule has 31 heavy (non-hydrogen) atoms. The molecular weight excluding hydrogens is 384 g/mol. The number of anilines is 1. The Morgan fingerprint density at radius 2 is 1.84 bits per heavy atom. The van der Waals surface area contributed by atoms with Gasteiger partial charge in [-0.3, -0.25) is 4.99 Å². The average molecular weight is 409 g/mol. The lowest BCUT2D eigenvalue weighted by atomic mass is 9.76. The van der Waals surface area contributed by atoms with Crippen LogP contribution in [0.1, 0.15) is 40.6 Å². The molecule has 0 saturated carbocycles. The zero-order valence-electron chi connectivity index (χ0n) is 17.4. The second kappa shape index (κ2) is 7.31. The molecule has 0 aromatic heterocycles. The number of fused-ring (bicyclic) bond motifs is 4. The Hall–Kier alpha value is -3.53. The van der Waals surface area contributed by atoms with Crippen molar-refractivity contribution in [3.8, 4) is 11.5 Å². The van der Waals surface area contributed by atoms with E-state index in [1.165, 1.54) is 22.4 Å². The number of benzene rings is 3. The fourth-order valence-electron chi connectivity index (χ4n) is 4.95. The molecule has 0 saturated heterocycles. The monoisotopic (exact) mass is 408 g/mol. The fourth-order valence-corrected chi connectivity index (χ4v) is 4.95. The standard InChI is InChI=1S/C27H24N2O2/c1-17-5-11-24-23(13-17)21-3-2-4-22(21)27(29-24)19-7-9-20(10-8-19)28-15-18-6-12-25-26(14-18)31-16-30-25/h2-3,5-15,21-22,27,29H,4,16H2,1H3/t21-,22-,27-/m1/s1. The lowest BCUT2D eigenvalue weighted by Crippen LogP contribution is -2.29. The van der Waals surface area contributed by atoms with Crippen molar-refractivity contribution in [1.29, 1.82) is 0 Å². The zero-order valence-corrected chi connectivity index (χ0v) is 17.4. The number of allylic oxidation sites excluding steroid dienone is 2. The average Bonchev–Trinajstić information content (AvgIpc) is 3.47. The van der Waals surface area contributed by atoms with Crippen molar-refractivity contribution < 1.29 is 9.47 Å². The van der Waals surface area contributed by atoms with Crippen LogP contribution in [0.3, 0.4) is 0 Å². The van der Waals surface area contributed by atoms with Crippen LogP contribution in [0.15, 0.2) is 77.8 Å². The maximum Gasteiger partial charge on any atom is 0.231 e. The highest BCUT2D eigenvalue weighted by atomic mass is 16.7. The molecule has 154 valence electrons. The Morgan fingerprint density at radius 3 is 2.74 bits per heavy atom. The van der Waals surface area contributed by atoms with E-state index in [9.17, 15) is 0 Å². The van der Waals surface area contributed by atoms with Crippen LogP contribution in [-0.2, 0) is 0 Å². The number of aliphatic imine (C=N–C) groups is 1. The minimum Gasteiger partial charge on any atom is -0.454 e. The molecule has 0 unspecified atom stereocenters. The molecule has 2 heterocycles. The highest BCUT2D eigenvalue weighted by molar-refractivity contribution is 5.83. The van der Waals surface area contributed by atoms with Gasteiger partial charge in [-0.25, -0.2) is 0 Å². The van der Waals surface area contributed by atoms with E-state index in [1.807, 2.05) is 24.4 Å². The topological polar surface area (TPSA) is 42.9 Å². The summed E-state index contributed by atoms with van der Waals surface area (Å²) in [6, 6.07) is 21.5. The van der Waals surface area contributed by atoms with Gasteiger partial charge in [-0.1, -0.05) is 42.0 Å². The van der Waals surface area contributed by atoms with Crippen molar-refractivity contribution in [2.45, 2.75) is 25.3 Å². The van der Waals surface area contributed by atoms with Crippen molar-refractivity contribution in [3.05, 3.63) is 95.1 Å². The summed E-state index contributed by atoms with van der Waals surface area (Å²) in [5.74, 6) is 2.61. The van der Waals surface area contributed by atoms with Gasteiger partial charge in [0.2, 0.25) is 6.79 Å². The first-order valence-corrected chi connectivity index (χ1v) is 10.8. The summed E-state index contributed by atoms with van der Waals surface area (Å²) < 4.78 is 10.8. The van der Waals surface area contributed by atoms with E-state index in [0.29, 0.717) is 17.9 Å². The second-order valence-corrected chi connectivity index (χ2v) is 8.53. The van der Waals surface area contributed by atoms with Gasteiger partial charge in [-0.05, 0) is 72.4 Å². The molecule has 6 rings (SSSR count). The van der Waals surface area contributed by atoms with Crippen molar-refractivity contribution in [3.63, 3.8) is 0 Å². The first-order valence-electron chi connectivity index (χ1n) is 10.8. The van der Waals surface area contributed by atoms with Crippen molar-refractivity contribution >= 4 is 17.6 Å². The first kappa shape index (κ1) is 18.3. The Labute approximate surface area is 182 Å². The normalized spacial score (nSPS) is 22.9. The second-order valence-electron chi connectivity index (χ2n) is 8.53. The molecule has 3 aliphatic rings. The Balaban J connectivity index is 1.23. The van der Waals surface area contributed by atoms with Gasteiger partial charge in [0.05, 0.1) is 11.7 Å². The van der Waals surface area contributed by atoms with Crippen molar-refractivity contribution in [2.75, 3.05) is 12.1 Å². The van der Waals surface area contributed by atoms with Crippen LogP contribution in [0, 0.1) is 12.8 Å². The van der Waals surface area contributed by atoms with Crippen LogP contribution >= 0.6 is 0 Å². The molecule has 0 bridgehead atoms. The molecule has 0 fully saturated rings. The molecule has 0 radical (unpaired) electrons. The van der Waals surface area contributed by atoms with Gasteiger partial charge in [0, 0.05) is 17.8 Å². The Kier molecular flexibility index (Phi) is 4.30. The molecule has 3 aromatic carbocycles. The lowest BCUT2D eigenvalue weighted by molar-refractivity contribution is 0.174. The van der Waals surface area contributed by atoms with Gasteiger partial charge >= 0.3 is 0 Å². The van der Waals surface area contributed by atoms with Gasteiger partial charge in [-0.15, -0.1) is 0 Å². The van der Waals surface area contributed by atoms with Crippen molar-refractivity contribution in [2.24, 2.45) is 10.9 Å². The summed E-state index contributed by atoms with van der Waals surface area (Å²) in [6.45, 7) is 2.46. The predicted octanol–water partition coefficient (Wildman–Crippen LogP) is 6.30. The molecule has 3 atom stereocenters. The number of rotatable bonds is 3. The van der Waals surface area contributed by atoms with Crippen molar-refractivity contribution in [1.82, 2.24) is 0 Å². The van der Waals surface area contributed by atoms with Gasteiger partial charge in [0.25, 0.3) is 0 Å². The quantitative estimate of drug-likeness (QED) is 0.408. The maximum absolute atomic E-state index is 5.44. The largest absolute Gasteiger partial charge is 0.454 e. The number of ether oxygens (including phenoxy) is 2. The van der Waals surface area contributed by atoms with E-state index >= 15 is 0 Å². The minimum atomic E-state index is 0.286. The van der Waals surface area contributed by atoms with Gasteiger partial charge in [0.15, 0.2) is 11.5 Å². The third-order valence-electron chi connectivity index (χ3n) is 6.53. The molecule has 0 spiro atoms. The molecule has 1 N–H and O–H groups in total. The Bertz CT molecular complexity index is 1200. The highest BCUT2D eigenvalue weighted by Crippen LogP contribution is 2.50. The highest BCUT2D eigenvalue weighted by Gasteiger charge is 2.37. The molecule has 0 amide bonds. The predicted molar refractivity (Wildman–Crippen MR) is 124 cm³/mol. The zero-order chi connectivity index (χ0) is 20.8. The summed E-state index contributed by atoms with van der Waals surface area (Å²) in [6.07, 6.45) is 7.71. The van der Waals surface area contributed by atoms with E-state index in [2.05, 4.69) is 71.8 Å². The summed E-state index contributed by atoms with van der Waals surface area (Å²) in [7, 11) is 0. The van der Waals surface area contributed by atoms with E-state index in [-0.39, 0.29) is 6.79 Å². The molecule has 4 heteroatoms. The van der Waals surface area contributed by atoms with Crippen LogP contribution in [-0.4, -0.2) is 13.0 Å². The Morgan fingerprint density at radius 1 is 0.968 bits per heavy atom. The minimum absolute atomic E-state index is 0.286. The van der Waals surface area contributed by atoms with E-state index in [4.69, 9.17) is 9.47 Å². The third-order valence-corrected chi connectivity index (χ3v) is 6.53. The molecule has 4 nitrogen and oxygen atoms in total. The molecule has 1 aliphatic carbocycles. The summed E-state index contributed by atoms with van der Waals surface area (Å²) in [5, 5.41) is 3.81. The lowest BCUT2D eigenvalue weighted by Gasteiger charge is -2.37. The van der Waals surface area contributed by atoms with Crippen LogP contribution in [0.2, 0.25) is 0 Å². The number of nitrogens with zero attached hydrogens (tertiary/aromatic N) is 1. The first-order chi connectivity index (χ1) is 15.2. The smallest absolute Gasteiger partial charge is 0.231 e. The number of nitrogens with one attached hydrogen (secondary N) is 1. The number of hydrogen-bond acceptors (Lipinski definition) is 4. The fraction of sp³-hybridized carbons (Fsp3) is 0.222. The summed E-state index contributed by atoms with van der Waals surface area (Å²) >= 11 is 0. The number of aryl methyl sites for hydroxylation is 1.